The average molecular weight is 381 g/mol. The fraction of sp³-hybridized carbons (Fsp3) is 0. The van der Waals surface area contributed by atoms with Crippen molar-refractivity contribution in [2.45, 2.75) is 0 Å². The maximum atomic E-state index is 3.30. The van der Waals surface area contributed by atoms with Gasteiger partial charge in [0.2, 0.25) is 0 Å². The summed E-state index contributed by atoms with van der Waals surface area (Å²) < 4.78 is 0. The van der Waals surface area contributed by atoms with Crippen LogP contribution in [0.2, 0.25) is 0 Å². The topological polar surface area (TPSA) is 0 Å². The third-order valence-corrected chi connectivity index (χ3v) is 0. The standard InChI is InChI=1S/3BrH.Na.Sn/h3*1H;;/q;;;;+3/p-3. The Bertz CT molecular complexity index is 11.6. The Morgan fingerprint density at radius 2 is 1.00 bits per heavy atom. The van der Waals surface area contributed by atoms with Gasteiger partial charge in [-0.25, -0.2) is 0 Å². The molecule has 2 radical (unpaired) electrons. The Labute approximate surface area is 78.8 Å². The van der Waals surface area contributed by atoms with E-state index in [4.69, 9.17) is 0 Å². The summed E-state index contributed by atoms with van der Waals surface area (Å²) in [7, 11) is 0. The van der Waals surface area contributed by atoms with E-state index >= 15 is 0 Å². The first kappa shape index (κ1) is 11.1. The molecular weight excluding hydrogens is 381 g/mol. The molecule has 0 saturated carbocycles. The summed E-state index contributed by atoms with van der Waals surface area (Å²) >= 11 is 8.80. The van der Waals surface area contributed by atoms with Crippen LogP contribution in [0, 0.1) is 0 Å². The van der Waals surface area contributed by atoms with E-state index in [2.05, 4.69) is 38.1 Å². The minimum Gasteiger partial charge on any atom is 0 e. The molecule has 0 rings (SSSR count). The van der Waals surface area contributed by atoms with Gasteiger partial charge in [-0.1, -0.05) is 0 Å². The van der Waals surface area contributed by atoms with Gasteiger partial charge >= 0.3 is 51.2 Å². The quantitative estimate of drug-likeness (QED) is 0.561. The molecule has 0 spiro atoms. The van der Waals surface area contributed by atoms with E-state index in [1.165, 1.54) is 0 Å². The van der Waals surface area contributed by atoms with E-state index < -0.39 is 13.1 Å². The van der Waals surface area contributed by atoms with Crippen molar-refractivity contribution in [3.63, 3.8) is 0 Å². The molecule has 0 aliphatic rings. The predicted molar refractivity (Wildman–Crippen MR) is 38.3 cm³/mol. The molecular formula is Br3NaSn. The first-order valence-corrected chi connectivity index (χ1v) is 19.8. The number of hydrogen-bond donors (Lipinski definition) is 0. The molecule has 0 N–H and O–H groups in total. The summed E-state index contributed by atoms with van der Waals surface area (Å²) in [5.74, 6) is 0. The molecule has 0 aliphatic heterocycles. The summed E-state index contributed by atoms with van der Waals surface area (Å²) in [5, 5.41) is 0. The molecule has 0 aliphatic carbocycles. The Hall–Kier alpha value is 3.24. The molecule has 0 aromatic heterocycles. The van der Waals surface area contributed by atoms with Gasteiger partial charge in [0.05, 0.1) is 0 Å². The molecule has 5 heavy (non-hydrogen) atoms. The Morgan fingerprint density at radius 3 is 1.00 bits per heavy atom. The van der Waals surface area contributed by atoms with Gasteiger partial charge in [0.15, 0.2) is 0 Å². The molecule has 0 heterocycles. The van der Waals surface area contributed by atoms with Gasteiger partial charge in [0, 0.05) is 29.6 Å². The van der Waals surface area contributed by atoms with Crippen LogP contribution < -0.4 is 0 Å². The second kappa shape index (κ2) is 7.24. The van der Waals surface area contributed by atoms with E-state index in [9.17, 15) is 0 Å². The van der Waals surface area contributed by atoms with Gasteiger partial charge in [-0.05, 0) is 0 Å². The van der Waals surface area contributed by atoms with E-state index in [-0.39, 0.29) is 29.6 Å². The smallest absolute Gasteiger partial charge is 0 e. The first-order chi connectivity index (χ1) is 1.73. The second-order valence-corrected chi connectivity index (χ2v) is 38.8. The van der Waals surface area contributed by atoms with Crippen molar-refractivity contribution < 1.29 is 0 Å². The summed E-state index contributed by atoms with van der Waals surface area (Å²) in [6, 6.07) is 0. The second-order valence-electron chi connectivity index (χ2n) is 0.214. The zero-order chi connectivity index (χ0) is 3.58. The maximum Gasteiger partial charge on any atom is 0 e. The van der Waals surface area contributed by atoms with E-state index in [0.717, 1.165) is 0 Å². The Morgan fingerprint density at radius 1 is 1.00 bits per heavy atom. The molecule has 0 saturated heterocycles. The van der Waals surface area contributed by atoms with Gasteiger partial charge in [0.25, 0.3) is 0 Å². The third-order valence-electron chi connectivity index (χ3n) is 0. The van der Waals surface area contributed by atoms with Crippen molar-refractivity contribution in [1.29, 1.82) is 0 Å². The molecule has 26 valence electrons. The zero-order valence-corrected chi connectivity index (χ0v) is 12.2. The largest absolute Gasteiger partial charge is 0 e. The minimum atomic E-state index is -1.11. The van der Waals surface area contributed by atoms with E-state index in [0.29, 0.717) is 0 Å². The zero-order valence-electron chi connectivity index (χ0n) is 2.63. The van der Waals surface area contributed by atoms with Crippen LogP contribution in [0.4, 0.5) is 0 Å². The maximum absolute atomic E-state index is 3.30. The fourth-order valence-corrected chi connectivity index (χ4v) is 0. The molecule has 5 heteroatoms. The van der Waals surface area contributed by atoms with Crippen LogP contribution in [-0.4, -0.2) is 42.7 Å². The third kappa shape index (κ3) is 18.9. The van der Waals surface area contributed by atoms with E-state index in [1.54, 1.807) is 0 Å². The molecule has 0 amide bonds. The van der Waals surface area contributed by atoms with Crippen molar-refractivity contribution in [2.24, 2.45) is 0 Å². The number of halogens is 3. The van der Waals surface area contributed by atoms with E-state index in [1.807, 2.05) is 0 Å². The average Bonchev–Trinajstić information content (AvgIpc) is 0.811. The van der Waals surface area contributed by atoms with Crippen LogP contribution in [0.1, 0.15) is 0 Å². The van der Waals surface area contributed by atoms with Gasteiger partial charge in [-0.2, -0.15) is 0 Å². The molecule has 0 nitrogen and oxygen atoms in total. The van der Waals surface area contributed by atoms with Crippen molar-refractivity contribution in [3.8, 4) is 0 Å². The molecule has 0 unspecified atom stereocenters. The Kier molecular flexibility index (Phi) is 16.1. The van der Waals surface area contributed by atoms with Crippen molar-refractivity contribution in [1.82, 2.24) is 0 Å². The summed E-state index contributed by atoms with van der Waals surface area (Å²) in [5.41, 5.74) is 0. The van der Waals surface area contributed by atoms with Crippen LogP contribution >= 0.6 is 38.1 Å². The van der Waals surface area contributed by atoms with Gasteiger partial charge in [-0.3, -0.25) is 0 Å². The summed E-state index contributed by atoms with van der Waals surface area (Å²) in [6.07, 6.45) is 0. The van der Waals surface area contributed by atoms with Gasteiger partial charge in [-0.15, -0.1) is 0 Å². The monoisotopic (exact) mass is 380 g/mol. The normalized spacial score (nSPS) is 7.20. The molecule has 0 bridgehead atoms. The number of hydrogen-bond acceptors (Lipinski definition) is 0. The van der Waals surface area contributed by atoms with Crippen LogP contribution in [0.25, 0.3) is 0 Å². The number of rotatable bonds is 0. The van der Waals surface area contributed by atoms with Gasteiger partial charge in [0.1, 0.15) is 0 Å². The van der Waals surface area contributed by atoms with Crippen molar-refractivity contribution in [2.75, 3.05) is 0 Å². The molecule has 0 atom stereocenters. The fourth-order valence-electron chi connectivity index (χ4n) is 0. The van der Waals surface area contributed by atoms with Crippen LogP contribution in [0.5, 0.6) is 0 Å². The van der Waals surface area contributed by atoms with Crippen molar-refractivity contribution >= 4 is 80.8 Å². The SMILES string of the molecule is [Br][Sn]([Br])[Br].[Na]. The van der Waals surface area contributed by atoms with Crippen LogP contribution in [0.15, 0.2) is 0 Å². The predicted octanol–water partition coefficient (Wildman–Crippen LogP) is 1.78. The molecule has 0 aromatic rings. The summed E-state index contributed by atoms with van der Waals surface area (Å²) in [6.45, 7) is 0. The van der Waals surface area contributed by atoms with Gasteiger partial charge < -0.3 is 0 Å². The molecule has 0 fully saturated rings. The first-order valence-electron chi connectivity index (χ1n) is 0.567. The Balaban J connectivity index is 0. The van der Waals surface area contributed by atoms with Crippen LogP contribution in [0.3, 0.4) is 0 Å². The minimum absolute atomic E-state index is 0. The molecule has 0 aromatic carbocycles. The van der Waals surface area contributed by atoms with Crippen LogP contribution in [-0.2, 0) is 0 Å². The summed E-state index contributed by atoms with van der Waals surface area (Å²) in [4.78, 5) is 0. The van der Waals surface area contributed by atoms with Crippen molar-refractivity contribution in [3.05, 3.63) is 0 Å².